The molecule has 0 radical (unpaired) electrons. The number of nitrogens with zero attached hydrogens (tertiary/aromatic N) is 1. The molecule has 0 N–H and O–H groups in total. The van der Waals surface area contributed by atoms with Gasteiger partial charge in [0.1, 0.15) is 12.9 Å². The summed E-state index contributed by atoms with van der Waals surface area (Å²) < 4.78 is 9.79. The van der Waals surface area contributed by atoms with Crippen LogP contribution in [0.4, 0.5) is 0 Å². The van der Waals surface area contributed by atoms with Gasteiger partial charge in [0.2, 0.25) is 0 Å². The number of hydrogen-bond acceptors (Lipinski definition) is 4. The highest BCUT2D eigenvalue weighted by atomic mass is 16.5. The molecule has 13 heavy (non-hydrogen) atoms. The van der Waals surface area contributed by atoms with Gasteiger partial charge in [0, 0.05) is 5.57 Å². The number of aromatic nitrogens is 1. The Hall–Kier alpha value is -1.58. The predicted molar refractivity (Wildman–Crippen MR) is 46.0 cm³/mol. The molecule has 1 aromatic rings. The van der Waals surface area contributed by atoms with Gasteiger partial charge in [-0.05, 0) is 6.92 Å². The zero-order valence-electron chi connectivity index (χ0n) is 7.45. The monoisotopic (exact) mass is 181 g/mol. The number of oxazole rings is 1. The Labute approximate surface area is 76.2 Å². The lowest BCUT2D eigenvalue weighted by Crippen LogP contribution is -2.08. The van der Waals surface area contributed by atoms with E-state index in [0.717, 1.165) is 0 Å². The zero-order valence-corrected chi connectivity index (χ0v) is 7.45. The maximum atomic E-state index is 10.9. The van der Waals surface area contributed by atoms with E-state index in [1.165, 1.54) is 6.26 Å². The van der Waals surface area contributed by atoms with Crippen molar-refractivity contribution >= 4 is 5.97 Å². The second-order valence-corrected chi connectivity index (χ2v) is 2.59. The summed E-state index contributed by atoms with van der Waals surface area (Å²) in [6.07, 6.45) is 3.53. The van der Waals surface area contributed by atoms with Crippen LogP contribution in [0.2, 0.25) is 0 Å². The Kier molecular flexibility index (Phi) is 3.25. The molecule has 4 nitrogen and oxygen atoms in total. The molecule has 1 rings (SSSR count). The Balaban J connectivity index is 2.22. The molecule has 0 unspecified atom stereocenters. The SMILES string of the molecule is C=C(C)C(=O)OCCc1ncco1. The molecule has 0 aromatic carbocycles. The largest absolute Gasteiger partial charge is 0.462 e. The van der Waals surface area contributed by atoms with E-state index < -0.39 is 0 Å². The van der Waals surface area contributed by atoms with E-state index in [1.807, 2.05) is 0 Å². The van der Waals surface area contributed by atoms with Crippen molar-refractivity contribution < 1.29 is 13.9 Å². The van der Waals surface area contributed by atoms with Crippen LogP contribution in [0.15, 0.2) is 29.0 Å². The van der Waals surface area contributed by atoms with Crippen molar-refractivity contribution in [3.63, 3.8) is 0 Å². The summed E-state index contributed by atoms with van der Waals surface area (Å²) in [7, 11) is 0. The fourth-order valence-corrected chi connectivity index (χ4v) is 0.731. The van der Waals surface area contributed by atoms with Crippen molar-refractivity contribution in [2.24, 2.45) is 0 Å². The summed E-state index contributed by atoms with van der Waals surface area (Å²) in [5.41, 5.74) is 0.396. The number of rotatable bonds is 4. The van der Waals surface area contributed by atoms with Crippen molar-refractivity contribution in [1.82, 2.24) is 4.98 Å². The second kappa shape index (κ2) is 4.45. The molecular weight excluding hydrogens is 170 g/mol. The second-order valence-electron chi connectivity index (χ2n) is 2.59. The van der Waals surface area contributed by atoms with Gasteiger partial charge < -0.3 is 9.15 Å². The van der Waals surface area contributed by atoms with Crippen LogP contribution in [0.25, 0.3) is 0 Å². The molecule has 0 saturated heterocycles. The minimum Gasteiger partial charge on any atom is -0.462 e. The van der Waals surface area contributed by atoms with E-state index in [2.05, 4.69) is 11.6 Å². The number of carbonyl (C=O) groups excluding carboxylic acids is 1. The lowest BCUT2D eigenvalue weighted by molar-refractivity contribution is -0.138. The van der Waals surface area contributed by atoms with E-state index >= 15 is 0 Å². The van der Waals surface area contributed by atoms with Gasteiger partial charge in [-0.25, -0.2) is 9.78 Å². The van der Waals surface area contributed by atoms with Gasteiger partial charge in [-0.3, -0.25) is 0 Å². The quantitative estimate of drug-likeness (QED) is 0.519. The van der Waals surface area contributed by atoms with Crippen LogP contribution in [0.1, 0.15) is 12.8 Å². The van der Waals surface area contributed by atoms with Gasteiger partial charge in [0.05, 0.1) is 12.6 Å². The van der Waals surface area contributed by atoms with E-state index in [-0.39, 0.29) is 12.6 Å². The molecule has 0 aliphatic carbocycles. The molecule has 70 valence electrons. The molecule has 0 spiro atoms. The normalized spacial score (nSPS) is 9.62. The maximum absolute atomic E-state index is 10.9. The Morgan fingerprint density at radius 2 is 2.54 bits per heavy atom. The first-order chi connectivity index (χ1) is 6.20. The van der Waals surface area contributed by atoms with Gasteiger partial charge in [0.15, 0.2) is 5.89 Å². The summed E-state index contributed by atoms with van der Waals surface area (Å²) in [6.45, 7) is 5.33. The lowest BCUT2D eigenvalue weighted by Gasteiger charge is -2.01. The van der Waals surface area contributed by atoms with E-state index in [4.69, 9.17) is 9.15 Å². The van der Waals surface area contributed by atoms with Crippen molar-refractivity contribution in [2.75, 3.05) is 6.61 Å². The summed E-state index contributed by atoms with van der Waals surface area (Å²) in [5.74, 6) is 0.182. The average Bonchev–Trinajstić information content (AvgIpc) is 2.56. The number of esters is 1. The van der Waals surface area contributed by atoms with Gasteiger partial charge >= 0.3 is 5.97 Å². The van der Waals surface area contributed by atoms with E-state index in [9.17, 15) is 4.79 Å². The van der Waals surface area contributed by atoms with Crippen LogP contribution in [-0.2, 0) is 16.0 Å². The Morgan fingerprint density at radius 1 is 1.77 bits per heavy atom. The average molecular weight is 181 g/mol. The maximum Gasteiger partial charge on any atom is 0.333 e. The van der Waals surface area contributed by atoms with Gasteiger partial charge in [0.25, 0.3) is 0 Å². The van der Waals surface area contributed by atoms with Crippen molar-refractivity contribution in [2.45, 2.75) is 13.3 Å². The summed E-state index contributed by atoms with van der Waals surface area (Å²) >= 11 is 0. The molecule has 1 aromatic heterocycles. The van der Waals surface area contributed by atoms with Crippen LogP contribution in [-0.4, -0.2) is 17.6 Å². The third-order valence-corrected chi connectivity index (χ3v) is 1.38. The Bertz CT molecular complexity index is 290. The topological polar surface area (TPSA) is 52.3 Å². The van der Waals surface area contributed by atoms with Crippen molar-refractivity contribution in [3.05, 3.63) is 30.5 Å². The minimum atomic E-state index is -0.383. The number of carbonyl (C=O) groups is 1. The lowest BCUT2D eigenvalue weighted by atomic mass is 10.4. The number of hydrogen-bond donors (Lipinski definition) is 0. The summed E-state index contributed by atoms with van der Waals surface area (Å²) in [6, 6.07) is 0. The first-order valence-electron chi connectivity index (χ1n) is 3.91. The standard InChI is InChI=1S/C9H11NO3/c1-7(2)9(11)13-5-3-8-10-4-6-12-8/h4,6H,1,3,5H2,2H3. The third-order valence-electron chi connectivity index (χ3n) is 1.38. The molecule has 0 saturated carbocycles. The molecular formula is C9H11NO3. The Morgan fingerprint density at radius 3 is 3.08 bits per heavy atom. The summed E-state index contributed by atoms with van der Waals surface area (Å²) in [4.78, 5) is 14.8. The molecule has 1 heterocycles. The predicted octanol–water partition coefficient (Wildman–Crippen LogP) is 1.34. The van der Waals surface area contributed by atoms with Crippen molar-refractivity contribution in [1.29, 1.82) is 0 Å². The molecule has 0 atom stereocenters. The van der Waals surface area contributed by atoms with E-state index in [0.29, 0.717) is 17.9 Å². The molecule has 0 amide bonds. The molecule has 0 fully saturated rings. The molecule has 0 aliphatic heterocycles. The molecule has 4 heteroatoms. The van der Waals surface area contributed by atoms with Gasteiger partial charge in [-0.2, -0.15) is 0 Å². The van der Waals surface area contributed by atoms with Gasteiger partial charge in [-0.15, -0.1) is 0 Å². The highest BCUT2D eigenvalue weighted by Gasteiger charge is 2.03. The fourth-order valence-electron chi connectivity index (χ4n) is 0.731. The first-order valence-corrected chi connectivity index (χ1v) is 3.91. The highest BCUT2D eigenvalue weighted by Crippen LogP contribution is 1.98. The van der Waals surface area contributed by atoms with Crippen LogP contribution in [0, 0.1) is 0 Å². The smallest absolute Gasteiger partial charge is 0.333 e. The fraction of sp³-hybridized carbons (Fsp3) is 0.333. The number of ether oxygens (including phenoxy) is 1. The minimum absolute atomic E-state index is 0.270. The van der Waals surface area contributed by atoms with Crippen LogP contribution in [0.3, 0.4) is 0 Å². The summed E-state index contributed by atoms with van der Waals surface area (Å²) in [5, 5.41) is 0. The van der Waals surface area contributed by atoms with E-state index in [1.54, 1.807) is 13.1 Å². The third kappa shape index (κ3) is 3.11. The first kappa shape index (κ1) is 9.51. The van der Waals surface area contributed by atoms with Gasteiger partial charge in [-0.1, -0.05) is 6.58 Å². The zero-order chi connectivity index (χ0) is 9.68. The van der Waals surface area contributed by atoms with Crippen LogP contribution in [0.5, 0.6) is 0 Å². The molecule has 0 aliphatic rings. The van der Waals surface area contributed by atoms with Crippen molar-refractivity contribution in [3.8, 4) is 0 Å². The van der Waals surface area contributed by atoms with Crippen LogP contribution < -0.4 is 0 Å². The van der Waals surface area contributed by atoms with Crippen LogP contribution >= 0.6 is 0 Å². The highest BCUT2D eigenvalue weighted by molar-refractivity contribution is 5.86. The molecule has 0 bridgehead atoms.